The molecule has 0 radical (unpaired) electrons. The Labute approximate surface area is 135 Å². The van der Waals surface area contributed by atoms with Gasteiger partial charge in [-0.15, -0.1) is 10.2 Å². The van der Waals surface area contributed by atoms with Gasteiger partial charge in [0, 0.05) is 31.9 Å². The summed E-state index contributed by atoms with van der Waals surface area (Å²) in [6, 6.07) is 6.31. The molecule has 0 spiro atoms. The van der Waals surface area contributed by atoms with Crippen LogP contribution in [0.1, 0.15) is 25.1 Å². The third-order valence-electron chi connectivity index (χ3n) is 4.91. The number of fused-ring (bicyclic) bond motifs is 2. The predicted molar refractivity (Wildman–Crippen MR) is 86.0 cm³/mol. The topological polar surface area (TPSA) is 65.8 Å². The molecule has 1 N–H and O–H groups in total. The number of carbonyl (C=O) groups is 1. The van der Waals surface area contributed by atoms with Crippen LogP contribution in [-0.4, -0.2) is 62.6 Å². The van der Waals surface area contributed by atoms with Crippen molar-refractivity contribution in [1.82, 2.24) is 29.7 Å². The summed E-state index contributed by atoms with van der Waals surface area (Å²) in [4.78, 5) is 16.9. The van der Waals surface area contributed by atoms with E-state index in [2.05, 4.69) is 20.4 Å². The average molecular weight is 314 g/mol. The molecule has 0 aliphatic carbocycles. The number of hydrogen-bond acceptors (Lipinski definition) is 4. The molecule has 2 aromatic heterocycles. The van der Waals surface area contributed by atoms with Crippen LogP contribution >= 0.6 is 0 Å². The summed E-state index contributed by atoms with van der Waals surface area (Å²) < 4.78 is 1.90. The molecule has 4 rings (SSSR count). The maximum absolute atomic E-state index is 12.4. The molecule has 0 unspecified atom stereocenters. The van der Waals surface area contributed by atoms with Crippen molar-refractivity contribution in [1.29, 1.82) is 0 Å². The van der Waals surface area contributed by atoms with Gasteiger partial charge in [-0.05, 0) is 31.5 Å². The largest absolute Gasteiger partial charge is 0.331 e. The predicted octanol–water partition coefficient (Wildman–Crippen LogP) is 1.11. The van der Waals surface area contributed by atoms with Crippen molar-refractivity contribution in [3.05, 3.63) is 30.2 Å². The minimum absolute atomic E-state index is 0.00269. The fraction of sp³-hybridized carbons (Fsp3) is 0.562. The molecule has 0 saturated carbocycles. The molecule has 2 aliphatic rings. The average Bonchev–Trinajstić information content (AvgIpc) is 3.02. The van der Waals surface area contributed by atoms with Crippen LogP contribution in [0.15, 0.2) is 24.4 Å². The van der Waals surface area contributed by atoms with Gasteiger partial charge in [-0.25, -0.2) is 4.79 Å². The summed E-state index contributed by atoms with van der Waals surface area (Å²) in [6.07, 6.45) is 5.70. The first-order valence-electron chi connectivity index (χ1n) is 8.37. The van der Waals surface area contributed by atoms with Gasteiger partial charge in [-0.3, -0.25) is 9.30 Å². The third-order valence-corrected chi connectivity index (χ3v) is 4.91. The molecule has 2 fully saturated rings. The summed E-state index contributed by atoms with van der Waals surface area (Å²) in [6.45, 7) is 4.22. The Morgan fingerprint density at radius 2 is 2.17 bits per heavy atom. The Hall–Kier alpha value is -2.15. The summed E-state index contributed by atoms with van der Waals surface area (Å²) in [5.41, 5.74) is 0.799. The van der Waals surface area contributed by atoms with Gasteiger partial charge in [-0.2, -0.15) is 0 Å². The number of urea groups is 1. The third kappa shape index (κ3) is 2.88. The molecular weight excluding hydrogens is 292 g/mol. The maximum Gasteiger partial charge on any atom is 0.317 e. The number of piperazine rings is 1. The standard InChI is InChI=1S/C16H22N6O/c23-16(21-10-9-20-7-3-1-5-13(20)12-21)17-11-15-19-18-14-6-2-4-8-22(14)15/h2,4,6,8,13H,1,3,5,7,9-12H2,(H,17,23)/t13-/m0/s1. The van der Waals surface area contributed by atoms with Gasteiger partial charge in [0.25, 0.3) is 0 Å². The van der Waals surface area contributed by atoms with Crippen LogP contribution in [0.3, 0.4) is 0 Å². The molecule has 4 heterocycles. The van der Waals surface area contributed by atoms with Crippen LogP contribution in [0.25, 0.3) is 5.65 Å². The molecule has 2 saturated heterocycles. The van der Waals surface area contributed by atoms with E-state index >= 15 is 0 Å². The van der Waals surface area contributed by atoms with Crippen molar-refractivity contribution in [2.75, 3.05) is 26.2 Å². The lowest BCUT2D eigenvalue weighted by Gasteiger charge is -2.43. The van der Waals surface area contributed by atoms with Crippen molar-refractivity contribution in [2.24, 2.45) is 0 Å². The van der Waals surface area contributed by atoms with Crippen molar-refractivity contribution in [2.45, 2.75) is 31.8 Å². The minimum Gasteiger partial charge on any atom is -0.331 e. The van der Waals surface area contributed by atoms with Gasteiger partial charge in [-0.1, -0.05) is 12.5 Å². The quantitative estimate of drug-likeness (QED) is 0.902. The highest BCUT2D eigenvalue weighted by atomic mass is 16.2. The summed E-state index contributed by atoms with van der Waals surface area (Å²) in [5, 5.41) is 11.2. The van der Waals surface area contributed by atoms with Crippen LogP contribution in [0, 0.1) is 0 Å². The van der Waals surface area contributed by atoms with Crippen molar-refractivity contribution >= 4 is 11.7 Å². The molecule has 2 aromatic rings. The monoisotopic (exact) mass is 314 g/mol. The van der Waals surface area contributed by atoms with E-state index < -0.39 is 0 Å². The number of pyridine rings is 1. The zero-order valence-electron chi connectivity index (χ0n) is 13.2. The number of hydrogen-bond donors (Lipinski definition) is 1. The minimum atomic E-state index is 0.00269. The second kappa shape index (κ2) is 6.16. The van der Waals surface area contributed by atoms with E-state index in [1.54, 1.807) is 0 Å². The van der Waals surface area contributed by atoms with E-state index in [4.69, 9.17) is 0 Å². The Kier molecular flexibility index (Phi) is 3.87. The van der Waals surface area contributed by atoms with Crippen LogP contribution in [0.5, 0.6) is 0 Å². The van der Waals surface area contributed by atoms with Gasteiger partial charge in [0.2, 0.25) is 0 Å². The smallest absolute Gasteiger partial charge is 0.317 e. The van der Waals surface area contributed by atoms with E-state index in [9.17, 15) is 4.79 Å². The van der Waals surface area contributed by atoms with Gasteiger partial charge in [0.15, 0.2) is 11.5 Å². The summed E-state index contributed by atoms with van der Waals surface area (Å²) >= 11 is 0. The van der Waals surface area contributed by atoms with E-state index in [1.807, 2.05) is 33.7 Å². The first kappa shape index (κ1) is 14.4. The van der Waals surface area contributed by atoms with Crippen LogP contribution in [0.4, 0.5) is 4.79 Å². The number of nitrogens with zero attached hydrogens (tertiary/aromatic N) is 5. The van der Waals surface area contributed by atoms with E-state index in [0.29, 0.717) is 12.6 Å². The Bertz CT molecular complexity index is 699. The fourth-order valence-corrected chi connectivity index (χ4v) is 3.62. The molecule has 2 aliphatic heterocycles. The normalized spacial score (nSPS) is 22.1. The lowest BCUT2D eigenvalue weighted by molar-refractivity contribution is 0.0642. The van der Waals surface area contributed by atoms with Gasteiger partial charge in [0.05, 0.1) is 6.54 Å². The molecule has 7 heteroatoms. The first-order chi connectivity index (χ1) is 11.3. The SMILES string of the molecule is O=C(NCc1nnc2ccccn12)N1CCN2CCCC[C@H]2C1. The zero-order chi connectivity index (χ0) is 15.6. The van der Waals surface area contributed by atoms with E-state index in [-0.39, 0.29) is 6.03 Å². The number of piperidine rings is 1. The molecule has 23 heavy (non-hydrogen) atoms. The highest BCUT2D eigenvalue weighted by Gasteiger charge is 2.30. The fourth-order valence-electron chi connectivity index (χ4n) is 3.62. The molecule has 0 bridgehead atoms. The van der Waals surface area contributed by atoms with Crippen LogP contribution < -0.4 is 5.32 Å². The van der Waals surface area contributed by atoms with Gasteiger partial charge < -0.3 is 10.2 Å². The lowest BCUT2D eigenvalue weighted by atomic mass is 10.00. The molecule has 122 valence electrons. The Morgan fingerprint density at radius 1 is 1.22 bits per heavy atom. The first-order valence-corrected chi connectivity index (χ1v) is 8.37. The summed E-state index contributed by atoms with van der Waals surface area (Å²) in [7, 11) is 0. The Morgan fingerprint density at radius 3 is 3.13 bits per heavy atom. The highest BCUT2D eigenvalue weighted by Crippen LogP contribution is 2.21. The van der Waals surface area contributed by atoms with E-state index in [1.165, 1.54) is 25.8 Å². The number of rotatable bonds is 2. The second-order valence-electron chi connectivity index (χ2n) is 6.34. The highest BCUT2D eigenvalue weighted by molar-refractivity contribution is 5.74. The molecular formula is C16H22N6O. The number of carbonyl (C=O) groups excluding carboxylic acids is 1. The molecule has 0 aromatic carbocycles. The van der Waals surface area contributed by atoms with Crippen molar-refractivity contribution < 1.29 is 4.79 Å². The zero-order valence-corrected chi connectivity index (χ0v) is 13.2. The molecule has 7 nitrogen and oxygen atoms in total. The van der Waals surface area contributed by atoms with Crippen LogP contribution in [-0.2, 0) is 6.54 Å². The van der Waals surface area contributed by atoms with Crippen molar-refractivity contribution in [3.63, 3.8) is 0 Å². The molecule has 1 atom stereocenters. The number of amides is 2. The van der Waals surface area contributed by atoms with E-state index in [0.717, 1.165) is 31.1 Å². The molecule has 2 amide bonds. The number of nitrogens with one attached hydrogen (secondary N) is 1. The second-order valence-corrected chi connectivity index (χ2v) is 6.34. The van der Waals surface area contributed by atoms with Crippen molar-refractivity contribution in [3.8, 4) is 0 Å². The lowest BCUT2D eigenvalue weighted by Crippen LogP contribution is -2.57. The Balaban J connectivity index is 1.36. The number of aromatic nitrogens is 3. The maximum atomic E-state index is 12.4. The van der Waals surface area contributed by atoms with Crippen LogP contribution in [0.2, 0.25) is 0 Å². The van der Waals surface area contributed by atoms with Gasteiger partial charge >= 0.3 is 6.03 Å². The summed E-state index contributed by atoms with van der Waals surface area (Å²) in [5.74, 6) is 0.755. The van der Waals surface area contributed by atoms with Gasteiger partial charge in [0.1, 0.15) is 0 Å².